The molecule has 7 nitrogen and oxygen atoms in total. The van der Waals surface area contributed by atoms with Crippen LogP contribution in [0, 0.1) is 11.3 Å². The molecule has 0 atom stereocenters. The zero-order valence-corrected chi connectivity index (χ0v) is 20.4. The Morgan fingerprint density at radius 1 is 1.03 bits per heavy atom. The van der Waals surface area contributed by atoms with Crippen LogP contribution >= 0.6 is 27.5 Å². The second-order valence-electron chi connectivity index (χ2n) is 6.78. The molecule has 0 spiro atoms. The molecule has 1 N–H and O–H groups in total. The lowest BCUT2D eigenvalue weighted by atomic mass is 10.1. The Balaban J connectivity index is 1.83. The highest BCUT2D eigenvalue weighted by Gasteiger charge is 2.18. The minimum Gasteiger partial charge on any atom is -0.497 e. The molecule has 9 heteroatoms. The lowest BCUT2D eigenvalue weighted by Gasteiger charge is -2.13. The van der Waals surface area contributed by atoms with Crippen molar-refractivity contribution in [2.45, 2.75) is 0 Å². The second kappa shape index (κ2) is 11.4. The average molecular weight is 542 g/mol. The number of nitrogens with one attached hydrogen (secondary N) is 1. The first kappa shape index (κ1) is 24.8. The van der Waals surface area contributed by atoms with Crippen molar-refractivity contribution in [1.29, 1.82) is 5.26 Å². The van der Waals surface area contributed by atoms with E-state index in [2.05, 4.69) is 21.2 Å². The van der Waals surface area contributed by atoms with Crippen LogP contribution in [0.25, 0.3) is 6.08 Å². The first-order chi connectivity index (χ1) is 16.3. The summed E-state index contributed by atoms with van der Waals surface area (Å²) in [5.41, 5.74) is 1.17. The van der Waals surface area contributed by atoms with E-state index in [1.165, 1.54) is 20.3 Å². The summed E-state index contributed by atoms with van der Waals surface area (Å²) in [4.78, 5) is 25.1. The van der Waals surface area contributed by atoms with Crippen LogP contribution in [0.2, 0.25) is 5.02 Å². The van der Waals surface area contributed by atoms with E-state index in [4.69, 9.17) is 25.8 Å². The van der Waals surface area contributed by atoms with Gasteiger partial charge in [0.15, 0.2) is 11.5 Å². The fourth-order valence-electron chi connectivity index (χ4n) is 2.85. The van der Waals surface area contributed by atoms with Crippen LogP contribution in [0.15, 0.2) is 70.7 Å². The Morgan fingerprint density at radius 3 is 2.29 bits per heavy atom. The summed E-state index contributed by atoms with van der Waals surface area (Å²) in [6, 6.07) is 18.0. The highest BCUT2D eigenvalue weighted by Crippen LogP contribution is 2.38. The van der Waals surface area contributed by atoms with Gasteiger partial charge in [0.25, 0.3) is 5.91 Å². The van der Waals surface area contributed by atoms with Crippen molar-refractivity contribution in [1.82, 2.24) is 0 Å². The Hall–Kier alpha value is -3.80. The summed E-state index contributed by atoms with van der Waals surface area (Å²) in [7, 11) is 2.95. The molecule has 34 heavy (non-hydrogen) atoms. The number of nitrogens with zero attached hydrogens (tertiary/aromatic N) is 1. The van der Waals surface area contributed by atoms with Gasteiger partial charge in [-0.05, 0) is 88.2 Å². The van der Waals surface area contributed by atoms with E-state index >= 15 is 0 Å². The summed E-state index contributed by atoms with van der Waals surface area (Å²) >= 11 is 9.22. The van der Waals surface area contributed by atoms with Crippen LogP contribution in [0.1, 0.15) is 15.9 Å². The lowest BCUT2D eigenvalue weighted by Crippen LogP contribution is -2.13. The second-order valence-corrected chi connectivity index (χ2v) is 8.07. The van der Waals surface area contributed by atoms with Crippen LogP contribution in [0.3, 0.4) is 0 Å². The molecule has 3 aromatic carbocycles. The lowest BCUT2D eigenvalue weighted by molar-refractivity contribution is -0.112. The molecule has 0 radical (unpaired) electrons. The number of ether oxygens (including phenoxy) is 3. The fraction of sp³-hybridized carbons (Fsp3) is 0.0800. The zero-order valence-electron chi connectivity index (χ0n) is 18.1. The molecular weight excluding hydrogens is 524 g/mol. The summed E-state index contributed by atoms with van der Waals surface area (Å²) < 4.78 is 16.4. The number of amides is 1. The number of nitriles is 1. The van der Waals surface area contributed by atoms with Gasteiger partial charge in [0.05, 0.1) is 24.3 Å². The van der Waals surface area contributed by atoms with E-state index in [1.807, 2.05) is 6.07 Å². The van der Waals surface area contributed by atoms with Crippen molar-refractivity contribution in [3.05, 3.63) is 86.9 Å². The van der Waals surface area contributed by atoms with E-state index < -0.39 is 11.9 Å². The highest BCUT2D eigenvalue weighted by atomic mass is 79.9. The largest absolute Gasteiger partial charge is 0.497 e. The Bertz CT molecular complexity index is 1280. The van der Waals surface area contributed by atoms with Gasteiger partial charge in [-0.1, -0.05) is 11.6 Å². The van der Waals surface area contributed by atoms with Gasteiger partial charge in [-0.2, -0.15) is 5.26 Å². The number of esters is 1. The van der Waals surface area contributed by atoms with E-state index in [-0.39, 0.29) is 17.1 Å². The molecule has 3 aromatic rings. The third-order valence-corrected chi connectivity index (χ3v) is 5.39. The maximum Gasteiger partial charge on any atom is 0.343 e. The van der Waals surface area contributed by atoms with E-state index in [9.17, 15) is 14.9 Å². The first-order valence-electron chi connectivity index (χ1n) is 9.77. The van der Waals surface area contributed by atoms with Crippen molar-refractivity contribution in [2.24, 2.45) is 0 Å². The van der Waals surface area contributed by atoms with Gasteiger partial charge in [-0.3, -0.25) is 4.79 Å². The number of methoxy groups -OCH3 is 2. The number of anilines is 1. The summed E-state index contributed by atoms with van der Waals surface area (Å²) in [6.07, 6.45) is 1.40. The Labute approximate surface area is 209 Å². The maximum absolute atomic E-state index is 12.6. The van der Waals surface area contributed by atoms with Gasteiger partial charge in [-0.25, -0.2) is 4.79 Å². The molecule has 0 heterocycles. The average Bonchev–Trinajstić information content (AvgIpc) is 2.85. The van der Waals surface area contributed by atoms with Crippen LogP contribution < -0.4 is 19.5 Å². The molecular formula is C25H18BrClN2O5. The van der Waals surface area contributed by atoms with Gasteiger partial charge in [-0.15, -0.1) is 0 Å². The number of rotatable bonds is 7. The number of hydrogen-bond donors (Lipinski definition) is 1. The van der Waals surface area contributed by atoms with Gasteiger partial charge < -0.3 is 19.5 Å². The zero-order chi connectivity index (χ0) is 24.7. The third kappa shape index (κ3) is 6.16. The standard InChI is InChI=1S/C25H18BrClN2O5/c1-32-20-9-3-16(4-10-20)25(31)34-23-21(26)12-15(13-22(23)33-2)11-17(14-28)24(30)29-19-7-5-18(27)6-8-19/h3-13H,1-2H3,(H,29,30)/b17-11+. The Morgan fingerprint density at radius 2 is 1.71 bits per heavy atom. The summed E-state index contributed by atoms with van der Waals surface area (Å²) in [6.45, 7) is 0. The minimum atomic E-state index is -0.593. The van der Waals surface area contributed by atoms with Crippen molar-refractivity contribution in [3.63, 3.8) is 0 Å². The molecule has 0 aliphatic heterocycles. The van der Waals surface area contributed by atoms with E-state index in [0.29, 0.717) is 32.1 Å². The molecule has 0 bridgehead atoms. The molecule has 0 fully saturated rings. The molecule has 172 valence electrons. The topological polar surface area (TPSA) is 97.7 Å². The molecule has 0 aliphatic rings. The molecule has 3 rings (SSSR count). The predicted octanol–water partition coefficient (Wildman–Crippen LogP) is 5.88. The molecule has 0 aromatic heterocycles. The predicted molar refractivity (Wildman–Crippen MR) is 132 cm³/mol. The third-order valence-electron chi connectivity index (χ3n) is 4.55. The highest BCUT2D eigenvalue weighted by molar-refractivity contribution is 9.10. The molecule has 0 saturated heterocycles. The smallest absolute Gasteiger partial charge is 0.343 e. The van der Waals surface area contributed by atoms with E-state index in [1.54, 1.807) is 60.7 Å². The first-order valence-corrected chi connectivity index (χ1v) is 10.9. The molecule has 0 saturated carbocycles. The van der Waals surface area contributed by atoms with Crippen molar-refractivity contribution >= 4 is 51.2 Å². The number of carbonyl (C=O) groups is 2. The minimum absolute atomic E-state index is 0.133. The number of halogens is 2. The monoisotopic (exact) mass is 540 g/mol. The summed E-state index contributed by atoms with van der Waals surface area (Å²) in [5.74, 6) is -0.178. The van der Waals surface area contributed by atoms with Crippen LogP contribution in [-0.4, -0.2) is 26.1 Å². The number of carbonyl (C=O) groups excluding carboxylic acids is 2. The number of benzene rings is 3. The SMILES string of the molecule is COc1ccc(C(=O)Oc2c(Br)cc(/C=C(\C#N)C(=O)Nc3ccc(Cl)cc3)cc2OC)cc1. The van der Waals surface area contributed by atoms with Gasteiger partial charge in [0.1, 0.15) is 17.4 Å². The quantitative estimate of drug-likeness (QED) is 0.173. The summed E-state index contributed by atoms with van der Waals surface area (Å²) in [5, 5.41) is 12.7. The normalized spacial score (nSPS) is 10.7. The van der Waals surface area contributed by atoms with Crippen LogP contribution in [-0.2, 0) is 4.79 Å². The fourth-order valence-corrected chi connectivity index (χ4v) is 3.51. The van der Waals surface area contributed by atoms with Crippen molar-refractivity contribution < 1.29 is 23.8 Å². The number of hydrogen-bond acceptors (Lipinski definition) is 6. The molecule has 1 amide bonds. The molecule has 0 unspecified atom stereocenters. The van der Waals surface area contributed by atoms with Crippen molar-refractivity contribution in [3.8, 4) is 23.3 Å². The molecule has 0 aliphatic carbocycles. The Kier molecular flexibility index (Phi) is 8.30. The maximum atomic E-state index is 12.6. The van der Waals surface area contributed by atoms with Crippen LogP contribution in [0.5, 0.6) is 17.2 Å². The van der Waals surface area contributed by atoms with Gasteiger partial charge >= 0.3 is 5.97 Å². The van der Waals surface area contributed by atoms with Crippen molar-refractivity contribution in [2.75, 3.05) is 19.5 Å². The van der Waals surface area contributed by atoms with Crippen LogP contribution in [0.4, 0.5) is 5.69 Å². The van der Waals surface area contributed by atoms with E-state index in [0.717, 1.165) is 0 Å². The van der Waals surface area contributed by atoms with Gasteiger partial charge in [0, 0.05) is 10.7 Å². The van der Waals surface area contributed by atoms with Gasteiger partial charge in [0.2, 0.25) is 0 Å².